The molecule has 0 fully saturated rings. The lowest BCUT2D eigenvalue weighted by Crippen LogP contribution is -2.30. The molecule has 0 saturated carbocycles. The van der Waals surface area contributed by atoms with Gasteiger partial charge in [0.25, 0.3) is 5.56 Å². The number of aromatic nitrogens is 3. The first-order valence-corrected chi connectivity index (χ1v) is 6.87. The average Bonchev–Trinajstić information content (AvgIpc) is 3.06. The SMILES string of the molecule is O=c1[nH]c(=O)n(Cc2coc(-c3cccs3)n2)cc1Cl. The molecular formula is C12H8ClN3O3S. The van der Waals surface area contributed by atoms with Crippen LogP contribution in [-0.4, -0.2) is 14.5 Å². The van der Waals surface area contributed by atoms with Crippen LogP contribution in [0.5, 0.6) is 0 Å². The van der Waals surface area contributed by atoms with E-state index in [2.05, 4.69) is 9.97 Å². The molecule has 0 aliphatic rings. The molecule has 0 radical (unpaired) electrons. The van der Waals surface area contributed by atoms with Gasteiger partial charge in [-0.2, -0.15) is 0 Å². The molecule has 0 atom stereocenters. The van der Waals surface area contributed by atoms with Gasteiger partial charge in [-0.15, -0.1) is 11.3 Å². The zero-order chi connectivity index (χ0) is 14.1. The summed E-state index contributed by atoms with van der Waals surface area (Å²) >= 11 is 7.20. The highest BCUT2D eigenvalue weighted by Gasteiger charge is 2.09. The molecule has 3 heterocycles. The Morgan fingerprint density at radius 1 is 1.45 bits per heavy atom. The van der Waals surface area contributed by atoms with Crippen molar-refractivity contribution in [3.05, 3.63) is 61.5 Å². The number of hydrogen-bond acceptors (Lipinski definition) is 5. The third-order valence-electron chi connectivity index (χ3n) is 2.58. The third kappa shape index (κ3) is 2.45. The molecule has 3 aromatic rings. The predicted molar refractivity (Wildman–Crippen MR) is 75.3 cm³/mol. The van der Waals surface area contributed by atoms with Gasteiger partial charge in [-0.1, -0.05) is 17.7 Å². The lowest BCUT2D eigenvalue weighted by atomic mass is 10.4. The normalized spacial score (nSPS) is 10.8. The van der Waals surface area contributed by atoms with Crippen molar-refractivity contribution in [2.24, 2.45) is 0 Å². The fourth-order valence-electron chi connectivity index (χ4n) is 1.67. The number of thiophene rings is 1. The second-order valence-electron chi connectivity index (χ2n) is 3.99. The minimum absolute atomic E-state index is 0.0495. The fourth-order valence-corrected chi connectivity index (χ4v) is 2.49. The molecule has 20 heavy (non-hydrogen) atoms. The molecule has 0 saturated heterocycles. The van der Waals surface area contributed by atoms with Gasteiger partial charge in [0.15, 0.2) is 0 Å². The van der Waals surface area contributed by atoms with E-state index in [4.69, 9.17) is 16.0 Å². The van der Waals surface area contributed by atoms with Gasteiger partial charge < -0.3 is 4.42 Å². The van der Waals surface area contributed by atoms with Crippen molar-refractivity contribution < 1.29 is 4.42 Å². The molecule has 0 aliphatic heterocycles. The Hall–Kier alpha value is -2.12. The number of H-pyrrole nitrogens is 1. The number of aromatic amines is 1. The van der Waals surface area contributed by atoms with E-state index in [1.807, 2.05) is 17.5 Å². The van der Waals surface area contributed by atoms with E-state index in [9.17, 15) is 9.59 Å². The Morgan fingerprint density at radius 3 is 3.05 bits per heavy atom. The molecule has 6 nitrogen and oxygen atoms in total. The highest BCUT2D eigenvalue weighted by Crippen LogP contribution is 2.23. The highest BCUT2D eigenvalue weighted by molar-refractivity contribution is 7.13. The monoisotopic (exact) mass is 309 g/mol. The van der Waals surface area contributed by atoms with Gasteiger partial charge in [-0.25, -0.2) is 9.78 Å². The Balaban J connectivity index is 1.91. The summed E-state index contributed by atoms with van der Waals surface area (Å²) in [6, 6.07) is 3.79. The molecule has 0 amide bonds. The number of hydrogen-bond donors (Lipinski definition) is 1. The lowest BCUT2D eigenvalue weighted by molar-refractivity contribution is 0.572. The molecule has 0 aliphatic carbocycles. The van der Waals surface area contributed by atoms with Crippen LogP contribution in [-0.2, 0) is 6.54 Å². The maximum absolute atomic E-state index is 11.6. The number of rotatable bonds is 3. The van der Waals surface area contributed by atoms with Crippen LogP contribution in [0.4, 0.5) is 0 Å². The van der Waals surface area contributed by atoms with Crippen LogP contribution in [0.3, 0.4) is 0 Å². The summed E-state index contributed by atoms with van der Waals surface area (Å²) in [5, 5.41) is 1.87. The molecule has 8 heteroatoms. The molecule has 3 aromatic heterocycles. The summed E-state index contributed by atoms with van der Waals surface area (Å²) in [7, 11) is 0. The molecule has 0 unspecified atom stereocenters. The number of nitrogens with zero attached hydrogens (tertiary/aromatic N) is 2. The molecule has 3 rings (SSSR count). The van der Waals surface area contributed by atoms with Gasteiger partial charge in [0.05, 0.1) is 17.1 Å². The topological polar surface area (TPSA) is 80.9 Å². The van der Waals surface area contributed by atoms with Crippen molar-refractivity contribution in [3.63, 3.8) is 0 Å². The smallest absolute Gasteiger partial charge is 0.328 e. The van der Waals surface area contributed by atoms with Gasteiger partial charge >= 0.3 is 5.69 Å². The molecule has 0 bridgehead atoms. The first-order valence-electron chi connectivity index (χ1n) is 5.61. The molecular weight excluding hydrogens is 302 g/mol. The largest absolute Gasteiger partial charge is 0.443 e. The van der Waals surface area contributed by atoms with Gasteiger partial charge in [-0.3, -0.25) is 14.3 Å². The highest BCUT2D eigenvalue weighted by atomic mass is 35.5. The summed E-state index contributed by atoms with van der Waals surface area (Å²) in [5.41, 5.74) is -0.578. The van der Waals surface area contributed by atoms with Crippen LogP contribution in [0.15, 0.2) is 44.0 Å². The second kappa shape index (κ2) is 5.10. The summed E-state index contributed by atoms with van der Waals surface area (Å²) in [4.78, 5) is 30.1. The summed E-state index contributed by atoms with van der Waals surface area (Å²) < 4.78 is 6.62. The standard InChI is InChI=1S/C12H8ClN3O3S/c13-8-5-16(12(18)15-10(8)17)4-7-6-19-11(14-7)9-2-1-3-20-9/h1-3,5-6H,4H2,(H,15,17,18). The van der Waals surface area contributed by atoms with E-state index in [-0.39, 0.29) is 11.6 Å². The molecule has 102 valence electrons. The zero-order valence-corrected chi connectivity index (χ0v) is 11.6. The Morgan fingerprint density at radius 2 is 2.30 bits per heavy atom. The Labute approximate surface area is 121 Å². The van der Waals surface area contributed by atoms with Crippen LogP contribution >= 0.6 is 22.9 Å². The first-order chi connectivity index (χ1) is 9.63. The van der Waals surface area contributed by atoms with E-state index >= 15 is 0 Å². The van der Waals surface area contributed by atoms with Crippen LogP contribution in [0.2, 0.25) is 5.02 Å². The van der Waals surface area contributed by atoms with Crippen molar-refractivity contribution in [2.75, 3.05) is 0 Å². The number of nitrogens with one attached hydrogen (secondary N) is 1. The minimum Gasteiger partial charge on any atom is -0.443 e. The fraction of sp³-hybridized carbons (Fsp3) is 0.0833. The predicted octanol–water partition coefficient (Wildman–Crippen LogP) is 1.95. The van der Waals surface area contributed by atoms with E-state index in [1.165, 1.54) is 28.4 Å². The number of oxazole rings is 1. The summed E-state index contributed by atoms with van der Waals surface area (Å²) in [5.74, 6) is 0.499. The van der Waals surface area contributed by atoms with Crippen molar-refractivity contribution >= 4 is 22.9 Å². The number of halogens is 1. The second-order valence-corrected chi connectivity index (χ2v) is 5.34. The lowest BCUT2D eigenvalue weighted by Gasteiger charge is -2.01. The van der Waals surface area contributed by atoms with Gasteiger partial charge in [0, 0.05) is 6.20 Å². The third-order valence-corrected chi connectivity index (χ3v) is 3.71. The van der Waals surface area contributed by atoms with E-state index in [1.54, 1.807) is 0 Å². The van der Waals surface area contributed by atoms with E-state index in [0.717, 1.165) is 4.88 Å². The van der Waals surface area contributed by atoms with Crippen molar-refractivity contribution in [1.29, 1.82) is 0 Å². The summed E-state index contributed by atoms with van der Waals surface area (Å²) in [6.45, 7) is 0.171. The minimum atomic E-state index is -0.604. The molecule has 0 spiro atoms. The quantitative estimate of drug-likeness (QED) is 0.802. The molecule has 1 N–H and O–H groups in total. The van der Waals surface area contributed by atoms with Gasteiger partial charge in [-0.05, 0) is 11.4 Å². The maximum Gasteiger partial charge on any atom is 0.328 e. The van der Waals surface area contributed by atoms with Gasteiger partial charge in [0.1, 0.15) is 11.3 Å². The van der Waals surface area contributed by atoms with Crippen molar-refractivity contribution in [1.82, 2.24) is 14.5 Å². The molecule has 0 aromatic carbocycles. The van der Waals surface area contributed by atoms with Crippen molar-refractivity contribution in [3.8, 4) is 10.8 Å². The van der Waals surface area contributed by atoms with Crippen LogP contribution < -0.4 is 11.2 Å². The average molecular weight is 310 g/mol. The first kappa shape index (κ1) is 12.9. The Kier molecular flexibility index (Phi) is 3.29. The van der Waals surface area contributed by atoms with Crippen LogP contribution in [0.1, 0.15) is 5.69 Å². The van der Waals surface area contributed by atoms with Crippen LogP contribution in [0.25, 0.3) is 10.8 Å². The van der Waals surface area contributed by atoms with Crippen molar-refractivity contribution in [2.45, 2.75) is 6.54 Å². The van der Waals surface area contributed by atoms with Gasteiger partial charge in [0.2, 0.25) is 5.89 Å². The zero-order valence-electron chi connectivity index (χ0n) is 10.00. The van der Waals surface area contributed by atoms with E-state index in [0.29, 0.717) is 11.6 Å². The van der Waals surface area contributed by atoms with Crippen LogP contribution in [0, 0.1) is 0 Å². The Bertz CT molecular complexity index is 847. The summed E-state index contributed by atoms with van der Waals surface area (Å²) in [6.07, 6.45) is 2.75. The maximum atomic E-state index is 11.6. The van der Waals surface area contributed by atoms with E-state index < -0.39 is 11.2 Å².